The Morgan fingerprint density at radius 2 is 1.22 bits per heavy atom. The molecule has 4 rings (SSSR count). The molecule has 7 nitrogen and oxygen atoms in total. The average molecular weight is 716 g/mol. The van der Waals surface area contributed by atoms with Crippen molar-refractivity contribution in [2.45, 2.75) is 133 Å². The van der Waals surface area contributed by atoms with E-state index < -0.39 is 45.2 Å². The first-order chi connectivity index (χ1) is 22.3. The number of fused-ring (bicyclic) bond motifs is 1. The molecule has 2 aliphatic heterocycles. The average Bonchev–Trinajstić information content (AvgIpc) is 3.23. The van der Waals surface area contributed by atoms with Crippen molar-refractivity contribution in [3.63, 3.8) is 0 Å². The molecular weight excluding hydrogens is 662 g/mol. The van der Waals surface area contributed by atoms with Crippen LogP contribution in [-0.4, -0.2) is 58.0 Å². The lowest BCUT2D eigenvalue weighted by Gasteiger charge is -2.62. The van der Waals surface area contributed by atoms with Gasteiger partial charge < -0.3 is 9.80 Å². The summed E-state index contributed by atoms with van der Waals surface area (Å²) in [6, 6.07) is 0. The molecule has 4 amide bonds. The molecular formula is C40H54ClF2N3O4. The van der Waals surface area contributed by atoms with Crippen LogP contribution in [0.1, 0.15) is 128 Å². The van der Waals surface area contributed by atoms with Crippen LogP contribution in [-0.2, 0) is 31.4 Å². The highest BCUT2D eigenvalue weighted by molar-refractivity contribution is 6.32. The number of carbonyl (C=O) groups is 4. The number of amides is 4. The molecule has 1 fully saturated rings. The summed E-state index contributed by atoms with van der Waals surface area (Å²) in [5.41, 5.74) is -0.805. The number of likely N-dealkylation sites (N-methyl/N-ethyl adjacent to an activating group) is 2. The number of benzene rings is 2. The number of halogens is 3. The van der Waals surface area contributed by atoms with E-state index in [1.807, 2.05) is 48.5 Å². The first kappa shape index (κ1) is 39.5. The summed E-state index contributed by atoms with van der Waals surface area (Å²) in [6.07, 6.45) is 0. The summed E-state index contributed by atoms with van der Waals surface area (Å²) >= 11 is 6.45. The summed E-state index contributed by atoms with van der Waals surface area (Å²) in [5.74, 6) is -6.35. The van der Waals surface area contributed by atoms with E-state index in [-0.39, 0.29) is 28.5 Å². The van der Waals surface area contributed by atoms with Crippen LogP contribution in [0.4, 0.5) is 8.78 Å². The van der Waals surface area contributed by atoms with E-state index in [4.69, 9.17) is 11.6 Å². The largest absolute Gasteiger partial charge is 0.350 e. The summed E-state index contributed by atoms with van der Waals surface area (Å²) < 4.78 is 33.0. The number of alkyl halides is 2. The van der Waals surface area contributed by atoms with Crippen molar-refractivity contribution in [1.82, 2.24) is 14.7 Å². The van der Waals surface area contributed by atoms with E-state index >= 15 is 8.78 Å². The zero-order valence-electron chi connectivity index (χ0n) is 33.1. The summed E-state index contributed by atoms with van der Waals surface area (Å²) in [4.78, 5) is 60.4. The van der Waals surface area contributed by atoms with Crippen molar-refractivity contribution in [2.75, 3.05) is 14.1 Å². The maximum absolute atomic E-state index is 16.5. The lowest BCUT2D eigenvalue weighted by atomic mass is 9.53. The van der Waals surface area contributed by atoms with Gasteiger partial charge in [-0.1, -0.05) is 39.3 Å². The van der Waals surface area contributed by atoms with Gasteiger partial charge in [-0.05, 0) is 133 Å². The van der Waals surface area contributed by atoms with Gasteiger partial charge in [0.2, 0.25) is 5.91 Å². The second-order valence-electron chi connectivity index (χ2n) is 16.9. The molecule has 0 radical (unpaired) electrons. The van der Waals surface area contributed by atoms with Crippen molar-refractivity contribution in [3.05, 3.63) is 66.2 Å². The van der Waals surface area contributed by atoms with Crippen LogP contribution < -0.4 is 0 Å². The number of rotatable bonds is 5. The fourth-order valence-electron chi connectivity index (χ4n) is 9.18. The zero-order valence-corrected chi connectivity index (χ0v) is 33.9. The Hall–Kier alpha value is -3.33. The summed E-state index contributed by atoms with van der Waals surface area (Å²) in [5, 5.41) is 0.403. The highest BCUT2D eigenvalue weighted by Crippen LogP contribution is 2.59. The minimum atomic E-state index is -3.86. The standard InChI is InChI=1S/C40H54ClF2N3O4/c1-19-20(2)27(36(10,11)45(18)34(50)40(42,43)28-21(3)23(5)30(41)24(6)22(28)4)25(7)29-26(19)31(47)46(37(29,12)13)39(16)33(49)44(17)32(48)35(8,9)38(39,14)15/h1-18H3/i36+2. The summed E-state index contributed by atoms with van der Waals surface area (Å²) in [7, 11) is 2.85. The van der Waals surface area contributed by atoms with E-state index in [9.17, 15) is 19.2 Å². The molecule has 1 unspecified atom stereocenters. The van der Waals surface area contributed by atoms with Crippen LogP contribution in [0.3, 0.4) is 0 Å². The third kappa shape index (κ3) is 4.56. The Labute approximate surface area is 301 Å². The predicted octanol–water partition coefficient (Wildman–Crippen LogP) is 8.49. The molecule has 10 heteroatoms. The van der Waals surface area contributed by atoms with Gasteiger partial charge in [-0.15, -0.1) is 0 Å². The lowest BCUT2D eigenvalue weighted by Crippen LogP contribution is -2.77. The number of piperidine rings is 1. The molecule has 2 aromatic carbocycles. The van der Waals surface area contributed by atoms with Gasteiger partial charge in [0, 0.05) is 35.7 Å². The predicted molar refractivity (Wildman–Crippen MR) is 194 cm³/mol. The highest BCUT2D eigenvalue weighted by atomic mass is 35.5. The lowest BCUT2D eigenvalue weighted by molar-refractivity contribution is -0.189. The van der Waals surface area contributed by atoms with Gasteiger partial charge in [0.25, 0.3) is 17.7 Å². The molecule has 50 heavy (non-hydrogen) atoms. The highest BCUT2D eigenvalue weighted by Gasteiger charge is 2.70. The van der Waals surface area contributed by atoms with Crippen LogP contribution in [0.15, 0.2) is 0 Å². The maximum Gasteiger partial charge on any atom is 0.350 e. The van der Waals surface area contributed by atoms with Gasteiger partial charge in [0.15, 0.2) is 0 Å². The van der Waals surface area contributed by atoms with Gasteiger partial charge in [-0.3, -0.25) is 24.1 Å². The molecule has 2 aliphatic rings. The number of nitrogens with zero attached hydrogens (tertiary/aromatic N) is 3. The number of carbonyl (C=O) groups excluding carboxylic acids is 4. The zero-order chi connectivity index (χ0) is 39.0. The number of likely N-dealkylation sites (tertiary alicyclic amines) is 1. The van der Waals surface area contributed by atoms with Gasteiger partial charge in [-0.2, -0.15) is 8.78 Å². The first-order valence-electron chi connectivity index (χ1n) is 17.1. The Kier molecular flexibility index (Phi) is 8.94. The van der Waals surface area contributed by atoms with Crippen molar-refractivity contribution < 1.29 is 28.0 Å². The molecule has 0 spiro atoms. The smallest absolute Gasteiger partial charge is 0.331 e. The Morgan fingerprint density at radius 1 is 0.760 bits per heavy atom. The topological polar surface area (TPSA) is 78.0 Å². The van der Waals surface area contributed by atoms with Crippen LogP contribution >= 0.6 is 11.6 Å². The maximum atomic E-state index is 16.5. The van der Waals surface area contributed by atoms with Crippen molar-refractivity contribution >= 4 is 35.2 Å². The van der Waals surface area contributed by atoms with Crippen molar-refractivity contribution in [3.8, 4) is 0 Å². The van der Waals surface area contributed by atoms with E-state index in [0.717, 1.165) is 9.80 Å². The molecule has 1 saturated heterocycles. The normalized spacial score (nSPS) is 21.6. The third-order valence-corrected chi connectivity index (χ3v) is 14.1. The fourth-order valence-corrected chi connectivity index (χ4v) is 9.46. The molecule has 2 aromatic rings. The van der Waals surface area contributed by atoms with Gasteiger partial charge in [0.05, 0.1) is 16.5 Å². The van der Waals surface area contributed by atoms with Crippen LogP contribution in [0.25, 0.3) is 0 Å². The molecule has 0 N–H and O–H groups in total. The number of hydrogen-bond acceptors (Lipinski definition) is 4. The van der Waals surface area contributed by atoms with Gasteiger partial charge in [0.1, 0.15) is 5.54 Å². The molecule has 0 saturated carbocycles. The Morgan fingerprint density at radius 3 is 1.68 bits per heavy atom. The first-order valence-corrected chi connectivity index (χ1v) is 17.5. The van der Waals surface area contributed by atoms with Crippen molar-refractivity contribution in [1.29, 1.82) is 0 Å². The molecule has 0 aromatic heterocycles. The molecule has 0 bridgehead atoms. The van der Waals surface area contributed by atoms with Crippen LogP contribution in [0, 0.1) is 59.3 Å². The van der Waals surface area contributed by atoms with Crippen molar-refractivity contribution in [2.24, 2.45) is 10.8 Å². The van der Waals surface area contributed by atoms with Gasteiger partial charge >= 0.3 is 5.92 Å². The fraction of sp³-hybridized carbons (Fsp3) is 0.600. The van der Waals surface area contributed by atoms with E-state index in [2.05, 4.69) is 0 Å². The monoisotopic (exact) mass is 715 g/mol. The van der Waals surface area contributed by atoms with E-state index in [1.165, 1.54) is 14.1 Å². The third-order valence-electron chi connectivity index (χ3n) is 13.6. The quantitative estimate of drug-likeness (QED) is 0.291. The minimum absolute atomic E-state index is 0.271. The molecule has 2 heterocycles. The second kappa shape index (κ2) is 11.3. The molecule has 0 aliphatic carbocycles. The Balaban J connectivity index is 1.95. The van der Waals surface area contributed by atoms with Gasteiger partial charge in [-0.25, -0.2) is 0 Å². The molecule has 274 valence electrons. The van der Waals surface area contributed by atoms with E-state index in [1.54, 1.807) is 67.2 Å². The van der Waals surface area contributed by atoms with E-state index in [0.29, 0.717) is 49.5 Å². The Bertz CT molecular complexity index is 1880. The SMILES string of the molecule is Cc1c(C)c(C(F)(F)C(=O)N(C)[14C](C)(C)c2c(C)c(C)c3c(c2C)C(C)(C)N(C2(C)C(=O)N(C)C(=O)C(C)(C)C2(C)C)C3=O)c(C)c(C)c1Cl. The minimum Gasteiger partial charge on any atom is -0.331 e. The van der Waals surface area contributed by atoms with Crippen LogP contribution in [0.2, 0.25) is 5.02 Å². The van der Waals surface area contributed by atoms with Crippen LogP contribution in [0.5, 0.6) is 0 Å². The summed E-state index contributed by atoms with van der Waals surface area (Å²) in [6.45, 7) is 28.3. The molecule has 1 atom stereocenters. The number of hydrogen-bond donors (Lipinski definition) is 0. The number of imide groups is 1. The second-order valence-corrected chi connectivity index (χ2v) is 17.3.